The standard InChI is InChI=1S/C14H15FN2O/c1-3-4-17-9-12(8-16-17)14(18)11-5-10(2)6-13(15)7-11/h5-9H,3-4H2,1-2H3. The summed E-state index contributed by atoms with van der Waals surface area (Å²) in [5, 5.41) is 4.10. The predicted octanol–water partition coefficient (Wildman–Crippen LogP) is 2.97. The summed E-state index contributed by atoms with van der Waals surface area (Å²) in [4.78, 5) is 12.1. The number of hydrogen-bond donors (Lipinski definition) is 0. The van der Waals surface area contributed by atoms with Crippen molar-refractivity contribution in [3.05, 3.63) is 53.1 Å². The first-order valence-corrected chi connectivity index (χ1v) is 5.94. The topological polar surface area (TPSA) is 34.9 Å². The second kappa shape index (κ2) is 5.12. The zero-order valence-electron chi connectivity index (χ0n) is 10.5. The Balaban J connectivity index is 2.29. The van der Waals surface area contributed by atoms with Crippen molar-refractivity contribution >= 4 is 5.78 Å². The van der Waals surface area contributed by atoms with Crippen LogP contribution in [0.15, 0.2) is 30.6 Å². The number of ketones is 1. The molecule has 0 amide bonds. The average Bonchev–Trinajstić information content (AvgIpc) is 2.76. The van der Waals surface area contributed by atoms with Crippen LogP contribution in [0.25, 0.3) is 0 Å². The largest absolute Gasteiger partial charge is 0.288 e. The van der Waals surface area contributed by atoms with Crippen LogP contribution in [0.3, 0.4) is 0 Å². The second-order valence-electron chi connectivity index (χ2n) is 4.34. The smallest absolute Gasteiger partial charge is 0.196 e. The average molecular weight is 246 g/mol. The number of carbonyl (C=O) groups excluding carboxylic acids is 1. The van der Waals surface area contributed by atoms with Crippen molar-refractivity contribution in [2.45, 2.75) is 26.8 Å². The first-order valence-electron chi connectivity index (χ1n) is 5.94. The van der Waals surface area contributed by atoms with E-state index < -0.39 is 0 Å². The molecule has 0 spiro atoms. The lowest BCUT2D eigenvalue weighted by Crippen LogP contribution is -2.02. The zero-order valence-corrected chi connectivity index (χ0v) is 10.5. The number of aryl methyl sites for hydroxylation is 2. The van der Waals surface area contributed by atoms with Crippen LogP contribution < -0.4 is 0 Å². The van der Waals surface area contributed by atoms with Crippen molar-refractivity contribution in [2.75, 3.05) is 0 Å². The van der Waals surface area contributed by atoms with Gasteiger partial charge in [-0.25, -0.2) is 4.39 Å². The highest BCUT2D eigenvalue weighted by Gasteiger charge is 2.12. The van der Waals surface area contributed by atoms with E-state index in [1.54, 1.807) is 23.9 Å². The predicted molar refractivity (Wildman–Crippen MR) is 67.1 cm³/mol. The van der Waals surface area contributed by atoms with Crippen molar-refractivity contribution < 1.29 is 9.18 Å². The molecule has 0 saturated heterocycles. The van der Waals surface area contributed by atoms with Gasteiger partial charge in [-0.1, -0.05) is 6.92 Å². The number of nitrogens with zero attached hydrogens (tertiary/aromatic N) is 2. The molecule has 0 aliphatic rings. The highest BCUT2D eigenvalue weighted by Crippen LogP contribution is 2.13. The summed E-state index contributed by atoms with van der Waals surface area (Å²) in [5.41, 5.74) is 1.59. The lowest BCUT2D eigenvalue weighted by Gasteiger charge is -2.01. The van der Waals surface area contributed by atoms with E-state index >= 15 is 0 Å². The van der Waals surface area contributed by atoms with Gasteiger partial charge in [0.2, 0.25) is 0 Å². The lowest BCUT2D eigenvalue weighted by atomic mass is 10.0. The van der Waals surface area contributed by atoms with E-state index in [0.29, 0.717) is 11.1 Å². The van der Waals surface area contributed by atoms with Gasteiger partial charge in [-0.15, -0.1) is 0 Å². The molecule has 1 aromatic heterocycles. The second-order valence-corrected chi connectivity index (χ2v) is 4.34. The summed E-state index contributed by atoms with van der Waals surface area (Å²) in [5.74, 6) is -0.584. The number of halogens is 1. The molecule has 0 fully saturated rings. The molecular formula is C14H15FN2O. The van der Waals surface area contributed by atoms with E-state index in [1.807, 2.05) is 6.92 Å². The lowest BCUT2D eigenvalue weighted by molar-refractivity contribution is 0.103. The summed E-state index contributed by atoms with van der Waals surface area (Å²) in [7, 11) is 0. The van der Waals surface area contributed by atoms with E-state index in [1.165, 1.54) is 18.3 Å². The van der Waals surface area contributed by atoms with Gasteiger partial charge in [0.15, 0.2) is 5.78 Å². The van der Waals surface area contributed by atoms with Gasteiger partial charge >= 0.3 is 0 Å². The van der Waals surface area contributed by atoms with Gasteiger partial charge in [0.25, 0.3) is 0 Å². The zero-order chi connectivity index (χ0) is 13.1. The maximum Gasteiger partial charge on any atom is 0.196 e. The molecule has 2 aromatic rings. The third-order valence-electron chi connectivity index (χ3n) is 2.65. The van der Waals surface area contributed by atoms with E-state index in [0.717, 1.165) is 18.5 Å². The van der Waals surface area contributed by atoms with Crippen molar-refractivity contribution in [1.29, 1.82) is 0 Å². The molecule has 4 heteroatoms. The highest BCUT2D eigenvalue weighted by molar-refractivity contribution is 6.08. The van der Waals surface area contributed by atoms with Gasteiger partial charge in [-0.3, -0.25) is 9.48 Å². The Kier molecular flexibility index (Phi) is 3.55. The highest BCUT2D eigenvalue weighted by atomic mass is 19.1. The summed E-state index contributed by atoms with van der Waals surface area (Å²) in [6.45, 7) is 4.58. The van der Waals surface area contributed by atoms with Crippen LogP contribution in [0.2, 0.25) is 0 Å². The molecule has 3 nitrogen and oxygen atoms in total. The first-order chi connectivity index (χ1) is 8.60. The van der Waals surface area contributed by atoms with Gasteiger partial charge < -0.3 is 0 Å². The Labute approximate surface area is 105 Å². The fraction of sp³-hybridized carbons (Fsp3) is 0.286. The molecule has 0 N–H and O–H groups in total. The number of benzene rings is 1. The third-order valence-corrected chi connectivity index (χ3v) is 2.65. The summed E-state index contributed by atoms with van der Waals surface area (Å²) in [6.07, 6.45) is 4.18. The molecule has 0 atom stereocenters. The van der Waals surface area contributed by atoms with Crippen LogP contribution in [0.5, 0.6) is 0 Å². The quantitative estimate of drug-likeness (QED) is 0.777. The molecule has 0 radical (unpaired) electrons. The molecule has 1 heterocycles. The van der Waals surface area contributed by atoms with Crippen LogP contribution in [-0.4, -0.2) is 15.6 Å². The fourth-order valence-corrected chi connectivity index (χ4v) is 1.87. The Bertz CT molecular complexity index is 555. The van der Waals surface area contributed by atoms with Gasteiger partial charge in [-0.2, -0.15) is 5.10 Å². The molecule has 0 aliphatic carbocycles. The molecular weight excluding hydrogens is 231 g/mol. The molecule has 0 bridgehead atoms. The Morgan fingerprint density at radius 3 is 2.78 bits per heavy atom. The minimum atomic E-state index is -0.390. The minimum Gasteiger partial charge on any atom is -0.288 e. The molecule has 2 rings (SSSR count). The number of aromatic nitrogens is 2. The van der Waals surface area contributed by atoms with Gasteiger partial charge in [0.1, 0.15) is 5.82 Å². The minimum absolute atomic E-state index is 0.194. The van der Waals surface area contributed by atoms with E-state index in [-0.39, 0.29) is 11.6 Å². The Morgan fingerprint density at radius 2 is 2.11 bits per heavy atom. The van der Waals surface area contributed by atoms with E-state index in [2.05, 4.69) is 5.10 Å². The maximum atomic E-state index is 13.3. The van der Waals surface area contributed by atoms with Gasteiger partial charge in [-0.05, 0) is 37.1 Å². The third kappa shape index (κ3) is 2.64. The van der Waals surface area contributed by atoms with Crippen LogP contribution in [0.4, 0.5) is 4.39 Å². The summed E-state index contributed by atoms with van der Waals surface area (Å²) in [6, 6.07) is 4.34. The van der Waals surface area contributed by atoms with Crippen LogP contribution >= 0.6 is 0 Å². The van der Waals surface area contributed by atoms with Crippen molar-refractivity contribution in [3.63, 3.8) is 0 Å². The van der Waals surface area contributed by atoms with Crippen LogP contribution in [0.1, 0.15) is 34.8 Å². The molecule has 0 saturated carbocycles. The number of hydrogen-bond acceptors (Lipinski definition) is 2. The van der Waals surface area contributed by atoms with Gasteiger partial charge in [0, 0.05) is 18.3 Å². The van der Waals surface area contributed by atoms with E-state index in [9.17, 15) is 9.18 Å². The molecule has 18 heavy (non-hydrogen) atoms. The van der Waals surface area contributed by atoms with Crippen molar-refractivity contribution in [1.82, 2.24) is 9.78 Å². The fourth-order valence-electron chi connectivity index (χ4n) is 1.87. The maximum absolute atomic E-state index is 13.3. The molecule has 94 valence electrons. The van der Waals surface area contributed by atoms with Crippen LogP contribution in [0, 0.1) is 12.7 Å². The summed E-state index contributed by atoms with van der Waals surface area (Å²) < 4.78 is 15.0. The molecule has 0 aliphatic heterocycles. The summed E-state index contributed by atoms with van der Waals surface area (Å²) >= 11 is 0. The molecule has 0 unspecified atom stereocenters. The normalized spacial score (nSPS) is 10.6. The molecule has 1 aromatic carbocycles. The number of rotatable bonds is 4. The van der Waals surface area contributed by atoms with Crippen LogP contribution in [-0.2, 0) is 6.54 Å². The Morgan fingerprint density at radius 1 is 1.33 bits per heavy atom. The van der Waals surface area contributed by atoms with Gasteiger partial charge in [0.05, 0.1) is 11.8 Å². The number of carbonyl (C=O) groups is 1. The SMILES string of the molecule is CCCn1cc(C(=O)c2cc(C)cc(F)c2)cn1. The van der Waals surface area contributed by atoms with E-state index in [4.69, 9.17) is 0 Å². The van der Waals surface area contributed by atoms with Crippen molar-refractivity contribution in [2.24, 2.45) is 0 Å². The Hall–Kier alpha value is -1.97. The monoisotopic (exact) mass is 246 g/mol. The first kappa shape index (κ1) is 12.5. The van der Waals surface area contributed by atoms with Crippen molar-refractivity contribution in [3.8, 4) is 0 Å².